The lowest BCUT2D eigenvalue weighted by atomic mass is 10.2. The molecule has 0 saturated heterocycles. The monoisotopic (exact) mass is 147 g/mol. The quantitative estimate of drug-likeness (QED) is 0.559. The van der Waals surface area contributed by atoms with Crippen LogP contribution in [0.2, 0.25) is 0 Å². The topological polar surface area (TPSA) is 19.9 Å². The van der Waals surface area contributed by atoms with Crippen molar-refractivity contribution in [3.05, 3.63) is 0 Å². The lowest BCUT2D eigenvalue weighted by molar-refractivity contribution is 0.181. The maximum Gasteiger partial charge on any atom is 0.135 e. The van der Waals surface area contributed by atoms with Crippen LogP contribution in [0.5, 0.6) is 0 Å². The second-order valence-electron chi connectivity index (χ2n) is 2.62. The Hall–Kier alpha value is 0.310. The summed E-state index contributed by atoms with van der Waals surface area (Å²) in [7, 11) is 0. The zero-order valence-corrected chi connectivity index (χ0v) is 7.20. The van der Waals surface area contributed by atoms with E-state index in [1.807, 2.05) is 0 Å². The summed E-state index contributed by atoms with van der Waals surface area (Å²) >= 11 is 1.50. The van der Waals surface area contributed by atoms with Gasteiger partial charge >= 0.3 is 0 Å². The summed E-state index contributed by atoms with van der Waals surface area (Å²) in [6.07, 6.45) is 1.16. The SMILES string of the molecule is CC(C)CCSC(C)[O]. The lowest BCUT2D eigenvalue weighted by Gasteiger charge is -2.03. The fourth-order valence-corrected chi connectivity index (χ4v) is 1.41. The zero-order valence-electron chi connectivity index (χ0n) is 6.39. The predicted octanol–water partition coefficient (Wildman–Crippen LogP) is 2.54. The Morgan fingerprint density at radius 1 is 1.33 bits per heavy atom. The lowest BCUT2D eigenvalue weighted by Crippen LogP contribution is -1.95. The minimum Gasteiger partial charge on any atom is -0.222 e. The van der Waals surface area contributed by atoms with Crippen LogP contribution >= 0.6 is 11.8 Å². The first-order valence-electron chi connectivity index (χ1n) is 3.40. The molecule has 0 rings (SSSR count). The van der Waals surface area contributed by atoms with E-state index in [1.165, 1.54) is 11.8 Å². The van der Waals surface area contributed by atoms with Crippen LogP contribution in [0.15, 0.2) is 0 Å². The summed E-state index contributed by atoms with van der Waals surface area (Å²) in [5, 5.41) is 10.5. The molecule has 2 heteroatoms. The van der Waals surface area contributed by atoms with Crippen LogP contribution in [0.1, 0.15) is 27.2 Å². The molecule has 0 amide bonds. The molecule has 0 saturated carbocycles. The van der Waals surface area contributed by atoms with Crippen molar-refractivity contribution in [2.75, 3.05) is 5.75 Å². The van der Waals surface area contributed by atoms with Crippen molar-refractivity contribution in [3.63, 3.8) is 0 Å². The normalized spacial score (nSPS) is 14.3. The maximum atomic E-state index is 10.5. The molecule has 0 aliphatic carbocycles. The predicted molar refractivity (Wildman–Crippen MR) is 42.1 cm³/mol. The molecule has 0 aromatic carbocycles. The van der Waals surface area contributed by atoms with Crippen LogP contribution in [-0.4, -0.2) is 11.2 Å². The van der Waals surface area contributed by atoms with E-state index in [0.717, 1.165) is 18.1 Å². The van der Waals surface area contributed by atoms with Crippen molar-refractivity contribution in [1.29, 1.82) is 0 Å². The summed E-state index contributed by atoms with van der Waals surface area (Å²) in [4.78, 5) is 0. The second kappa shape index (κ2) is 5.12. The van der Waals surface area contributed by atoms with E-state index in [0.29, 0.717) is 0 Å². The van der Waals surface area contributed by atoms with Crippen LogP contribution in [0.25, 0.3) is 0 Å². The molecule has 0 heterocycles. The van der Waals surface area contributed by atoms with Gasteiger partial charge < -0.3 is 0 Å². The van der Waals surface area contributed by atoms with Gasteiger partial charge in [0.15, 0.2) is 0 Å². The standard InChI is InChI=1S/C7H15OS/c1-6(2)4-5-9-7(3)8/h6-7H,4-5H2,1-3H3. The van der Waals surface area contributed by atoms with E-state index >= 15 is 0 Å². The van der Waals surface area contributed by atoms with E-state index in [1.54, 1.807) is 6.92 Å². The van der Waals surface area contributed by atoms with Gasteiger partial charge in [0.05, 0.1) is 0 Å². The molecule has 0 aliphatic rings. The van der Waals surface area contributed by atoms with Crippen molar-refractivity contribution in [2.24, 2.45) is 5.92 Å². The number of rotatable bonds is 4. The van der Waals surface area contributed by atoms with Crippen LogP contribution in [0.3, 0.4) is 0 Å². The summed E-state index contributed by atoms with van der Waals surface area (Å²) in [5.41, 5.74) is -0.441. The smallest absolute Gasteiger partial charge is 0.135 e. The van der Waals surface area contributed by atoms with Gasteiger partial charge in [0.25, 0.3) is 0 Å². The average Bonchev–Trinajstić information content (AvgIpc) is 1.63. The van der Waals surface area contributed by atoms with Gasteiger partial charge in [-0.2, -0.15) is 0 Å². The van der Waals surface area contributed by atoms with Crippen LogP contribution in [-0.2, 0) is 5.11 Å². The van der Waals surface area contributed by atoms with Crippen molar-refractivity contribution in [1.82, 2.24) is 0 Å². The summed E-state index contributed by atoms with van der Waals surface area (Å²) in [5.74, 6) is 1.75. The van der Waals surface area contributed by atoms with E-state index in [4.69, 9.17) is 0 Å². The van der Waals surface area contributed by atoms with Gasteiger partial charge in [0.1, 0.15) is 5.44 Å². The van der Waals surface area contributed by atoms with E-state index in [9.17, 15) is 5.11 Å². The Labute approximate surface area is 61.8 Å². The minimum absolute atomic E-state index is 0.441. The second-order valence-corrected chi connectivity index (χ2v) is 4.03. The molecule has 0 aliphatic heterocycles. The molecule has 0 N–H and O–H groups in total. The fourth-order valence-electron chi connectivity index (χ4n) is 0.470. The number of hydrogen-bond donors (Lipinski definition) is 0. The molecule has 1 nitrogen and oxygen atoms in total. The van der Waals surface area contributed by atoms with Crippen molar-refractivity contribution >= 4 is 11.8 Å². The first kappa shape index (κ1) is 9.31. The van der Waals surface area contributed by atoms with Gasteiger partial charge in [0.2, 0.25) is 0 Å². The van der Waals surface area contributed by atoms with E-state index in [-0.39, 0.29) is 0 Å². The Balaban J connectivity index is 2.91. The molecule has 0 aromatic rings. The highest BCUT2D eigenvalue weighted by molar-refractivity contribution is 7.99. The summed E-state index contributed by atoms with van der Waals surface area (Å²) in [6.45, 7) is 6.05. The first-order valence-corrected chi connectivity index (χ1v) is 4.45. The molecule has 9 heavy (non-hydrogen) atoms. The highest BCUT2D eigenvalue weighted by Crippen LogP contribution is 2.12. The van der Waals surface area contributed by atoms with Gasteiger partial charge in [-0.15, -0.1) is 11.8 Å². The van der Waals surface area contributed by atoms with Gasteiger partial charge in [0, 0.05) is 0 Å². The largest absolute Gasteiger partial charge is 0.222 e. The van der Waals surface area contributed by atoms with Crippen molar-refractivity contribution < 1.29 is 5.11 Å². The molecular formula is C7H15OS. The Morgan fingerprint density at radius 3 is 2.22 bits per heavy atom. The van der Waals surface area contributed by atoms with E-state index < -0.39 is 5.44 Å². The van der Waals surface area contributed by atoms with Crippen LogP contribution < -0.4 is 0 Å². The molecule has 55 valence electrons. The molecular weight excluding hydrogens is 132 g/mol. The molecule has 0 bridgehead atoms. The van der Waals surface area contributed by atoms with Crippen LogP contribution in [0.4, 0.5) is 0 Å². The Bertz CT molecular complexity index is 53.9. The highest BCUT2D eigenvalue weighted by Gasteiger charge is 1.98. The van der Waals surface area contributed by atoms with Gasteiger partial charge in [-0.05, 0) is 25.0 Å². The Kier molecular flexibility index (Phi) is 5.30. The third-order valence-corrected chi connectivity index (χ3v) is 1.99. The molecule has 1 unspecified atom stereocenters. The van der Waals surface area contributed by atoms with Crippen LogP contribution in [0, 0.1) is 5.92 Å². The van der Waals surface area contributed by atoms with E-state index in [2.05, 4.69) is 13.8 Å². The number of hydrogen-bond acceptors (Lipinski definition) is 1. The molecule has 1 atom stereocenters. The minimum atomic E-state index is -0.441. The van der Waals surface area contributed by atoms with Gasteiger partial charge in [-0.3, -0.25) is 0 Å². The summed E-state index contributed by atoms with van der Waals surface area (Å²) < 4.78 is 0. The first-order chi connectivity index (χ1) is 4.13. The average molecular weight is 147 g/mol. The van der Waals surface area contributed by atoms with Crippen molar-refractivity contribution in [3.8, 4) is 0 Å². The fraction of sp³-hybridized carbons (Fsp3) is 1.00. The highest BCUT2D eigenvalue weighted by atomic mass is 32.2. The molecule has 0 spiro atoms. The van der Waals surface area contributed by atoms with Crippen molar-refractivity contribution in [2.45, 2.75) is 32.6 Å². The zero-order chi connectivity index (χ0) is 7.28. The van der Waals surface area contributed by atoms with Gasteiger partial charge in [-0.1, -0.05) is 13.8 Å². The molecule has 0 fully saturated rings. The third kappa shape index (κ3) is 8.31. The number of thioether (sulfide) groups is 1. The molecule has 1 radical (unpaired) electrons. The summed E-state index contributed by atoms with van der Waals surface area (Å²) in [6, 6.07) is 0. The Morgan fingerprint density at radius 2 is 1.89 bits per heavy atom. The van der Waals surface area contributed by atoms with Gasteiger partial charge in [-0.25, -0.2) is 5.11 Å². The maximum absolute atomic E-state index is 10.5. The molecule has 0 aromatic heterocycles. The third-order valence-electron chi connectivity index (χ3n) is 1.05.